The van der Waals surface area contributed by atoms with Crippen molar-refractivity contribution < 1.29 is 22.4 Å². The number of nitrogens with zero attached hydrogens (tertiary/aromatic N) is 1. The van der Waals surface area contributed by atoms with Crippen molar-refractivity contribution in [1.29, 1.82) is 0 Å². The monoisotopic (exact) mass is 378 g/mol. The zero-order valence-corrected chi connectivity index (χ0v) is 14.1. The first-order chi connectivity index (χ1) is 12.7. The summed E-state index contributed by atoms with van der Waals surface area (Å²) < 4.78 is 53.0. The third-order valence-corrected chi connectivity index (χ3v) is 4.10. The summed E-state index contributed by atoms with van der Waals surface area (Å²) in [4.78, 5) is 25.0. The van der Waals surface area contributed by atoms with Gasteiger partial charge in [0.05, 0.1) is 11.1 Å². The molecule has 2 aromatic carbocycles. The first kappa shape index (κ1) is 18.6. The lowest BCUT2D eigenvalue weighted by Crippen LogP contribution is -2.24. The van der Waals surface area contributed by atoms with E-state index in [2.05, 4.69) is 5.32 Å². The second-order valence-corrected chi connectivity index (χ2v) is 5.85. The minimum Gasteiger partial charge on any atom is -0.347 e. The van der Waals surface area contributed by atoms with Crippen molar-refractivity contribution in [1.82, 2.24) is 4.57 Å². The van der Waals surface area contributed by atoms with Crippen LogP contribution in [-0.4, -0.2) is 10.5 Å². The molecule has 1 N–H and O–H groups in total. The molecule has 1 heterocycles. The minimum absolute atomic E-state index is 0.0527. The molecule has 4 nitrogen and oxygen atoms in total. The van der Waals surface area contributed by atoms with Crippen LogP contribution in [0.5, 0.6) is 0 Å². The molecular formula is C19H14F4N2O2. The second kappa shape index (κ2) is 6.86. The number of aryl methyl sites for hydroxylation is 1. The van der Waals surface area contributed by atoms with Gasteiger partial charge in [-0.3, -0.25) is 9.59 Å². The summed E-state index contributed by atoms with van der Waals surface area (Å²) in [6.07, 6.45) is -3.14. The van der Waals surface area contributed by atoms with Gasteiger partial charge >= 0.3 is 6.18 Å². The van der Waals surface area contributed by atoms with Crippen LogP contribution in [0.25, 0.3) is 10.9 Å². The molecular weight excluding hydrogens is 364 g/mol. The summed E-state index contributed by atoms with van der Waals surface area (Å²) in [5.74, 6) is -1.39. The SMILES string of the molecule is CCn1cc(C(=O)Nc2ccc(C(F)(F)F)cc2)c(=O)c2cc(F)ccc21. The number of nitrogens with one attached hydrogen (secondary N) is 1. The Bertz CT molecular complexity index is 1070. The molecule has 0 aliphatic carbocycles. The summed E-state index contributed by atoms with van der Waals surface area (Å²) in [7, 11) is 0. The number of carbonyl (C=O) groups excluding carboxylic acids is 1. The van der Waals surface area contributed by atoms with Gasteiger partial charge in [-0.2, -0.15) is 13.2 Å². The lowest BCUT2D eigenvalue weighted by atomic mass is 10.1. The van der Waals surface area contributed by atoms with Gasteiger partial charge in [-0.25, -0.2) is 4.39 Å². The molecule has 1 amide bonds. The molecule has 0 spiro atoms. The quantitative estimate of drug-likeness (QED) is 0.686. The van der Waals surface area contributed by atoms with E-state index >= 15 is 0 Å². The van der Waals surface area contributed by atoms with E-state index < -0.39 is 28.9 Å². The number of anilines is 1. The molecule has 1 aromatic heterocycles. The van der Waals surface area contributed by atoms with Gasteiger partial charge in [0, 0.05) is 23.8 Å². The lowest BCUT2D eigenvalue weighted by Gasteiger charge is -2.12. The van der Waals surface area contributed by atoms with Crippen molar-refractivity contribution in [3.8, 4) is 0 Å². The number of amides is 1. The molecule has 0 unspecified atom stereocenters. The van der Waals surface area contributed by atoms with Crippen LogP contribution in [0.4, 0.5) is 23.2 Å². The number of rotatable bonds is 3. The van der Waals surface area contributed by atoms with Gasteiger partial charge in [0.1, 0.15) is 11.4 Å². The topological polar surface area (TPSA) is 51.1 Å². The van der Waals surface area contributed by atoms with Crippen LogP contribution in [-0.2, 0) is 12.7 Å². The predicted molar refractivity (Wildman–Crippen MR) is 93.2 cm³/mol. The highest BCUT2D eigenvalue weighted by Gasteiger charge is 2.30. The highest BCUT2D eigenvalue weighted by atomic mass is 19.4. The van der Waals surface area contributed by atoms with E-state index in [1.165, 1.54) is 18.3 Å². The van der Waals surface area contributed by atoms with Gasteiger partial charge in [0.15, 0.2) is 0 Å². The molecule has 0 fully saturated rings. The number of benzene rings is 2. The standard InChI is InChI=1S/C19H14F4N2O2/c1-2-25-10-15(17(26)14-9-12(20)5-8-16(14)25)18(27)24-13-6-3-11(4-7-13)19(21,22)23/h3-10H,2H2,1H3,(H,24,27). The van der Waals surface area contributed by atoms with E-state index in [0.29, 0.717) is 12.1 Å². The van der Waals surface area contributed by atoms with Crippen molar-refractivity contribution in [2.45, 2.75) is 19.6 Å². The molecule has 8 heteroatoms. The highest BCUT2D eigenvalue weighted by molar-refractivity contribution is 6.05. The minimum atomic E-state index is -4.49. The summed E-state index contributed by atoms with van der Waals surface area (Å²) in [6.45, 7) is 2.23. The Kier molecular flexibility index (Phi) is 4.73. The first-order valence-electron chi connectivity index (χ1n) is 8.02. The average Bonchev–Trinajstić information content (AvgIpc) is 2.62. The maximum Gasteiger partial charge on any atom is 0.416 e. The molecule has 0 bridgehead atoms. The van der Waals surface area contributed by atoms with Crippen molar-refractivity contribution >= 4 is 22.5 Å². The Hall–Kier alpha value is -3.16. The van der Waals surface area contributed by atoms with Crippen LogP contribution in [0.3, 0.4) is 0 Å². The average molecular weight is 378 g/mol. The Morgan fingerprint density at radius 2 is 1.78 bits per heavy atom. The number of hydrogen-bond acceptors (Lipinski definition) is 2. The third kappa shape index (κ3) is 3.69. The van der Waals surface area contributed by atoms with Gasteiger partial charge in [0.25, 0.3) is 5.91 Å². The maximum absolute atomic E-state index is 13.5. The number of pyridine rings is 1. The number of alkyl halides is 3. The number of aromatic nitrogens is 1. The Balaban J connectivity index is 1.98. The van der Waals surface area contributed by atoms with E-state index in [1.807, 2.05) is 0 Å². The van der Waals surface area contributed by atoms with E-state index in [4.69, 9.17) is 0 Å². The molecule has 0 saturated carbocycles. The van der Waals surface area contributed by atoms with Gasteiger partial charge in [-0.15, -0.1) is 0 Å². The third-order valence-electron chi connectivity index (χ3n) is 4.10. The van der Waals surface area contributed by atoms with Gasteiger partial charge in [0.2, 0.25) is 5.43 Å². The fraction of sp³-hybridized carbons (Fsp3) is 0.158. The van der Waals surface area contributed by atoms with Crippen LogP contribution in [0.15, 0.2) is 53.5 Å². The zero-order chi connectivity index (χ0) is 19.8. The largest absolute Gasteiger partial charge is 0.416 e. The number of halogens is 4. The predicted octanol–water partition coefficient (Wildman–Crippen LogP) is 4.43. The molecule has 140 valence electrons. The molecule has 0 aliphatic rings. The van der Waals surface area contributed by atoms with Crippen LogP contribution in [0, 0.1) is 5.82 Å². The van der Waals surface area contributed by atoms with Crippen molar-refractivity contribution in [2.75, 3.05) is 5.32 Å². The van der Waals surface area contributed by atoms with Gasteiger partial charge < -0.3 is 9.88 Å². The summed E-state index contributed by atoms with van der Waals surface area (Å²) >= 11 is 0. The fourth-order valence-electron chi connectivity index (χ4n) is 2.73. The summed E-state index contributed by atoms with van der Waals surface area (Å²) in [5, 5.41) is 2.45. The lowest BCUT2D eigenvalue weighted by molar-refractivity contribution is -0.137. The molecule has 27 heavy (non-hydrogen) atoms. The van der Waals surface area contributed by atoms with Gasteiger partial charge in [-0.1, -0.05) is 0 Å². The molecule has 0 saturated heterocycles. The molecule has 0 atom stereocenters. The number of fused-ring (bicyclic) bond motifs is 1. The van der Waals surface area contributed by atoms with E-state index in [0.717, 1.165) is 30.3 Å². The normalized spacial score (nSPS) is 11.6. The Morgan fingerprint density at radius 3 is 2.37 bits per heavy atom. The van der Waals surface area contributed by atoms with Crippen LogP contribution in [0.2, 0.25) is 0 Å². The first-order valence-corrected chi connectivity index (χ1v) is 8.02. The van der Waals surface area contributed by atoms with E-state index in [9.17, 15) is 27.2 Å². The highest BCUT2D eigenvalue weighted by Crippen LogP contribution is 2.29. The van der Waals surface area contributed by atoms with E-state index in [-0.39, 0.29) is 16.6 Å². The Morgan fingerprint density at radius 1 is 1.11 bits per heavy atom. The van der Waals surface area contributed by atoms with Crippen molar-refractivity contribution in [3.05, 3.63) is 75.8 Å². The molecule has 3 rings (SSSR count). The number of hydrogen-bond donors (Lipinski definition) is 1. The van der Waals surface area contributed by atoms with Gasteiger partial charge in [-0.05, 0) is 49.4 Å². The van der Waals surface area contributed by atoms with Crippen molar-refractivity contribution in [3.63, 3.8) is 0 Å². The molecule has 0 aliphatic heterocycles. The number of carbonyl (C=O) groups is 1. The van der Waals surface area contributed by atoms with E-state index in [1.54, 1.807) is 11.5 Å². The zero-order valence-electron chi connectivity index (χ0n) is 14.1. The van der Waals surface area contributed by atoms with Crippen LogP contribution < -0.4 is 10.7 Å². The van der Waals surface area contributed by atoms with Crippen molar-refractivity contribution in [2.24, 2.45) is 0 Å². The second-order valence-electron chi connectivity index (χ2n) is 5.85. The fourth-order valence-corrected chi connectivity index (χ4v) is 2.73. The summed E-state index contributed by atoms with van der Waals surface area (Å²) in [5.41, 5.74) is -1.15. The molecule has 0 radical (unpaired) electrons. The maximum atomic E-state index is 13.5. The summed E-state index contributed by atoms with van der Waals surface area (Å²) in [6, 6.07) is 7.58. The van der Waals surface area contributed by atoms with Crippen LogP contribution >= 0.6 is 0 Å². The van der Waals surface area contributed by atoms with Crippen LogP contribution in [0.1, 0.15) is 22.8 Å². The smallest absolute Gasteiger partial charge is 0.347 e. The molecule has 3 aromatic rings. The Labute approximate surface area is 151 Å².